The van der Waals surface area contributed by atoms with Crippen LogP contribution in [-0.2, 0) is 16.0 Å². The number of benzene rings is 1. The molecule has 3 atom stereocenters. The summed E-state index contributed by atoms with van der Waals surface area (Å²) in [6.07, 6.45) is 12.0. The monoisotopic (exact) mass is 706 g/mol. The molecule has 2 fully saturated rings. The van der Waals surface area contributed by atoms with E-state index in [2.05, 4.69) is 60.0 Å². The minimum Gasteiger partial charge on any atom is -0.487 e. The Bertz CT molecular complexity index is 1750. The molecule has 0 radical (unpaired) electrons. The van der Waals surface area contributed by atoms with Crippen LogP contribution in [0, 0.1) is 11.3 Å². The highest BCUT2D eigenvalue weighted by Gasteiger charge is 2.34. The zero-order chi connectivity index (χ0) is 36.0. The molecule has 1 aliphatic carbocycles. The molecule has 1 N–H and O–H groups in total. The fourth-order valence-corrected chi connectivity index (χ4v) is 6.78. The molecule has 4 aromatic rings. The van der Waals surface area contributed by atoms with Gasteiger partial charge in [-0.15, -0.1) is 5.10 Å². The van der Waals surface area contributed by atoms with Crippen LogP contribution in [0.1, 0.15) is 58.1 Å². The van der Waals surface area contributed by atoms with Crippen molar-refractivity contribution >= 4 is 11.6 Å². The first kappa shape index (κ1) is 36.1. The Kier molecular flexibility index (Phi) is 11.4. The minimum absolute atomic E-state index is 0.0327. The highest BCUT2D eigenvalue weighted by atomic mass is 19.3. The Morgan fingerprint density at radius 2 is 1.78 bits per heavy atom. The Labute approximate surface area is 295 Å². The van der Waals surface area contributed by atoms with Crippen molar-refractivity contribution in [2.75, 3.05) is 38.7 Å². The molecule has 2 aliphatic rings. The number of hydrogen-bond donors (Lipinski definition) is 1. The van der Waals surface area contributed by atoms with E-state index < -0.39 is 19.1 Å². The predicted octanol–water partition coefficient (Wildman–Crippen LogP) is 5.27. The number of nitriles is 1. The summed E-state index contributed by atoms with van der Waals surface area (Å²) in [6.45, 7) is 6.75. The number of ether oxygens (including phenoxy) is 4. The molecule has 1 aliphatic heterocycles. The van der Waals surface area contributed by atoms with E-state index in [1.807, 2.05) is 11.6 Å². The number of methoxy groups -OCH3 is 1. The van der Waals surface area contributed by atoms with Gasteiger partial charge in [-0.3, -0.25) is 9.58 Å². The Morgan fingerprint density at radius 3 is 2.45 bits per heavy atom. The average Bonchev–Trinajstić information content (AvgIpc) is 3.77. The third kappa shape index (κ3) is 9.34. The van der Waals surface area contributed by atoms with Gasteiger partial charge in [-0.25, -0.2) is 28.4 Å². The van der Waals surface area contributed by atoms with E-state index in [-0.39, 0.29) is 36.2 Å². The van der Waals surface area contributed by atoms with Crippen LogP contribution in [0.15, 0.2) is 49.4 Å². The lowest BCUT2D eigenvalue weighted by Crippen LogP contribution is -2.51. The first-order valence-corrected chi connectivity index (χ1v) is 17.2. The molecule has 1 saturated carbocycles. The molecule has 0 spiro atoms. The summed E-state index contributed by atoms with van der Waals surface area (Å²) in [4.78, 5) is 15.5. The molecule has 4 heterocycles. The van der Waals surface area contributed by atoms with Crippen molar-refractivity contribution in [1.82, 2.24) is 39.4 Å². The summed E-state index contributed by atoms with van der Waals surface area (Å²) >= 11 is 0. The van der Waals surface area contributed by atoms with Crippen LogP contribution in [0.25, 0.3) is 11.1 Å². The maximum Gasteiger partial charge on any atom is 0.304 e. The number of alkyl halides is 2. The van der Waals surface area contributed by atoms with Gasteiger partial charge in [0.05, 0.1) is 36.6 Å². The highest BCUT2D eigenvalue weighted by Crippen LogP contribution is 2.36. The molecule has 3 aromatic heterocycles. The van der Waals surface area contributed by atoms with Gasteiger partial charge in [-0.2, -0.15) is 10.4 Å². The van der Waals surface area contributed by atoms with Crippen molar-refractivity contribution in [2.24, 2.45) is 0 Å². The quantitative estimate of drug-likeness (QED) is 0.182. The van der Waals surface area contributed by atoms with Crippen molar-refractivity contribution in [1.29, 1.82) is 5.26 Å². The number of hydrogen-bond acceptors (Lipinski definition) is 12. The summed E-state index contributed by atoms with van der Waals surface area (Å²) in [5.74, 6) is -2.51. The van der Waals surface area contributed by atoms with E-state index in [1.165, 1.54) is 13.4 Å². The van der Waals surface area contributed by atoms with Gasteiger partial charge in [0.1, 0.15) is 42.9 Å². The standard InChI is InChI=1S/C35H44F2N10O4/c1-23-15-45(16-24(2)50-23)29-7-9-30(10-8-29)47-18-31(33(44-47)49-20-35(36,37)19-48-4)43-34-40-13-28(14-41-34)26-5-6-27(12-38)32(11-26)51-25(3)17-46-22-39-21-42-46/h5-6,11,13-14,18,21-25,29-30H,7-10,15-17,19-20H2,1-4H3,(H,40,41,43)/t23-,24+,25-,29?,30?/m0/s1. The van der Waals surface area contributed by atoms with Gasteiger partial charge in [0.2, 0.25) is 5.95 Å². The van der Waals surface area contributed by atoms with E-state index in [4.69, 9.17) is 14.2 Å². The average molecular weight is 707 g/mol. The van der Waals surface area contributed by atoms with Crippen LogP contribution in [-0.4, -0.2) is 103 Å². The molecular weight excluding hydrogens is 662 g/mol. The molecule has 0 bridgehead atoms. The predicted molar refractivity (Wildman–Crippen MR) is 183 cm³/mol. The lowest BCUT2D eigenvalue weighted by atomic mass is 9.89. The van der Waals surface area contributed by atoms with Crippen LogP contribution in [0.5, 0.6) is 11.6 Å². The minimum atomic E-state index is -3.20. The largest absolute Gasteiger partial charge is 0.487 e. The fraction of sp³-hybridized carbons (Fsp3) is 0.543. The molecule has 0 amide bonds. The number of nitrogens with zero attached hydrogens (tertiary/aromatic N) is 9. The zero-order valence-corrected chi connectivity index (χ0v) is 29.3. The summed E-state index contributed by atoms with van der Waals surface area (Å²) in [5, 5.41) is 21.5. The Balaban J connectivity index is 1.15. The van der Waals surface area contributed by atoms with Crippen LogP contribution >= 0.6 is 0 Å². The normalized spacial score (nSPS) is 21.9. The maximum absolute atomic E-state index is 14.4. The van der Waals surface area contributed by atoms with Gasteiger partial charge >= 0.3 is 5.92 Å². The molecule has 51 heavy (non-hydrogen) atoms. The van der Waals surface area contributed by atoms with Crippen molar-refractivity contribution in [3.63, 3.8) is 0 Å². The molecule has 272 valence electrons. The first-order chi connectivity index (χ1) is 24.6. The van der Waals surface area contributed by atoms with Gasteiger partial charge in [0, 0.05) is 44.2 Å². The van der Waals surface area contributed by atoms with Crippen molar-refractivity contribution in [3.8, 4) is 28.8 Å². The van der Waals surface area contributed by atoms with Gasteiger partial charge < -0.3 is 24.3 Å². The Hall–Kier alpha value is -4.72. The van der Waals surface area contributed by atoms with Crippen molar-refractivity contribution in [3.05, 3.63) is 55.0 Å². The van der Waals surface area contributed by atoms with Crippen molar-refractivity contribution < 1.29 is 27.7 Å². The van der Waals surface area contributed by atoms with E-state index in [0.29, 0.717) is 35.2 Å². The lowest BCUT2D eigenvalue weighted by Gasteiger charge is -2.42. The van der Waals surface area contributed by atoms with Gasteiger partial charge in [-0.1, -0.05) is 6.07 Å². The number of aromatic nitrogens is 7. The molecule has 6 rings (SSSR count). The Morgan fingerprint density at radius 1 is 1.06 bits per heavy atom. The number of morpholine rings is 1. The topological polar surface area (TPSA) is 150 Å². The molecule has 1 saturated heterocycles. The fourth-order valence-electron chi connectivity index (χ4n) is 6.78. The summed E-state index contributed by atoms with van der Waals surface area (Å²) < 4.78 is 54.5. The van der Waals surface area contributed by atoms with Gasteiger partial charge in [-0.05, 0) is 64.2 Å². The second-order valence-corrected chi connectivity index (χ2v) is 13.4. The number of nitrogens with one attached hydrogen (secondary N) is 1. The number of rotatable bonds is 14. The smallest absolute Gasteiger partial charge is 0.304 e. The van der Waals surface area contributed by atoms with Gasteiger partial charge in [0.15, 0.2) is 6.61 Å². The van der Waals surface area contributed by atoms with Crippen LogP contribution in [0.3, 0.4) is 0 Å². The summed E-state index contributed by atoms with van der Waals surface area (Å²) in [7, 11) is 1.22. The van der Waals surface area contributed by atoms with E-state index in [0.717, 1.165) is 44.3 Å². The highest BCUT2D eigenvalue weighted by molar-refractivity contribution is 5.67. The van der Waals surface area contributed by atoms with E-state index in [1.54, 1.807) is 47.8 Å². The van der Waals surface area contributed by atoms with Crippen LogP contribution in [0.2, 0.25) is 0 Å². The van der Waals surface area contributed by atoms with Crippen molar-refractivity contribution in [2.45, 2.75) is 89.3 Å². The second-order valence-electron chi connectivity index (χ2n) is 13.4. The lowest BCUT2D eigenvalue weighted by molar-refractivity contribution is -0.0918. The van der Waals surface area contributed by atoms with Crippen LogP contribution < -0.4 is 14.8 Å². The number of anilines is 2. The van der Waals surface area contributed by atoms with E-state index in [9.17, 15) is 14.0 Å². The first-order valence-electron chi connectivity index (χ1n) is 17.2. The molecule has 16 heteroatoms. The SMILES string of the molecule is COCC(F)(F)COc1nn(C2CCC(N3C[C@@H](C)O[C@@H](C)C3)CC2)cc1Nc1ncc(-c2ccc(C#N)c(O[C@@H](C)Cn3cncn3)c2)cn1. The molecule has 14 nitrogen and oxygen atoms in total. The van der Waals surface area contributed by atoms with E-state index >= 15 is 0 Å². The summed E-state index contributed by atoms with van der Waals surface area (Å²) in [6, 6.07) is 7.98. The summed E-state index contributed by atoms with van der Waals surface area (Å²) in [5.41, 5.74) is 2.20. The molecule has 0 unspecified atom stereocenters. The number of halogens is 2. The molecule has 1 aromatic carbocycles. The zero-order valence-electron chi connectivity index (χ0n) is 29.3. The third-order valence-electron chi connectivity index (χ3n) is 9.05. The maximum atomic E-state index is 14.4. The molecular formula is C35H44F2N10O4. The third-order valence-corrected chi connectivity index (χ3v) is 9.05. The van der Waals surface area contributed by atoms with Gasteiger partial charge in [0.25, 0.3) is 5.88 Å². The second kappa shape index (κ2) is 16.1. The van der Waals surface area contributed by atoms with Crippen LogP contribution in [0.4, 0.5) is 20.4 Å².